The molecule has 6 heteroatoms. The number of benzene rings is 1. The average Bonchev–Trinajstić information content (AvgIpc) is 2.61. The van der Waals surface area contributed by atoms with Crippen LogP contribution in [0.15, 0.2) is 42.7 Å². The largest absolute Gasteiger partial charge is 0.383 e. The van der Waals surface area contributed by atoms with Gasteiger partial charge in [-0.05, 0) is 37.6 Å². The highest BCUT2D eigenvalue weighted by Crippen LogP contribution is 2.25. The minimum absolute atomic E-state index is 0.216. The second-order valence-electron chi connectivity index (χ2n) is 6.95. The third kappa shape index (κ3) is 3.52. The predicted octanol–water partition coefficient (Wildman–Crippen LogP) is 2.88. The molecule has 4 rings (SSSR count). The molecule has 134 valence electrons. The van der Waals surface area contributed by atoms with E-state index in [4.69, 9.17) is 15.5 Å². The zero-order valence-corrected chi connectivity index (χ0v) is 15.1. The molecule has 0 aliphatic carbocycles. The average molecular weight is 349 g/mol. The van der Waals surface area contributed by atoms with Crippen molar-refractivity contribution in [3.05, 3.63) is 48.5 Å². The fourth-order valence-corrected chi connectivity index (χ4v) is 3.60. The van der Waals surface area contributed by atoms with E-state index in [9.17, 15) is 0 Å². The summed E-state index contributed by atoms with van der Waals surface area (Å²) in [6.07, 6.45) is 4.05. The van der Waals surface area contributed by atoms with E-state index in [1.165, 1.54) is 0 Å². The lowest BCUT2D eigenvalue weighted by Crippen LogP contribution is -2.45. The Morgan fingerprint density at radius 2 is 1.92 bits per heavy atom. The van der Waals surface area contributed by atoms with Crippen LogP contribution in [0.3, 0.4) is 0 Å². The first-order chi connectivity index (χ1) is 12.6. The summed E-state index contributed by atoms with van der Waals surface area (Å²) in [7, 11) is 0. The molecule has 3 aromatic rings. The SMILES string of the molecule is CC1CN(Cc2nc(N)c3ccc(-c4cccnc4)cc3n2)CC(C)O1. The second kappa shape index (κ2) is 6.97. The Bertz CT molecular complexity index is 905. The lowest BCUT2D eigenvalue weighted by molar-refractivity contribution is -0.0710. The van der Waals surface area contributed by atoms with Gasteiger partial charge in [-0.2, -0.15) is 0 Å². The Morgan fingerprint density at radius 1 is 1.12 bits per heavy atom. The topological polar surface area (TPSA) is 77.2 Å². The van der Waals surface area contributed by atoms with Crippen LogP contribution in [-0.4, -0.2) is 45.1 Å². The monoisotopic (exact) mass is 349 g/mol. The number of ether oxygens (including phenoxy) is 1. The maximum atomic E-state index is 6.20. The van der Waals surface area contributed by atoms with Gasteiger partial charge < -0.3 is 10.5 Å². The van der Waals surface area contributed by atoms with Crippen LogP contribution in [-0.2, 0) is 11.3 Å². The number of nitrogen functional groups attached to an aromatic ring is 1. The molecule has 6 nitrogen and oxygen atoms in total. The molecule has 1 aliphatic heterocycles. The van der Waals surface area contributed by atoms with Crippen molar-refractivity contribution in [2.24, 2.45) is 0 Å². The first-order valence-corrected chi connectivity index (χ1v) is 8.93. The first-order valence-electron chi connectivity index (χ1n) is 8.93. The molecule has 3 heterocycles. The van der Waals surface area contributed by atoms with Crippen molar-refractivity contribution in [3.63, 3.8) is 0 Å². The van der Waals surface area contributed by atoms with Gasteiger partial charge in [0.15, 0.2) is 0 Å². The zero-order valence-electron chi connectivity index (χ0n) is 15.1. The molecule has 2 N–H and O–H groups in total. The quantitative estimate of drug-likeness (QED) is 0.783. The van der Waals surface area contributed by atoms with Crippen molar-refractivity contribution in [2.45, 2.75) is 32.6 Å². The van der Waals surface area contributed by atoms with Gasteiger partial charge >= 0.3 is 0 Å². The summed E-state index contributed by atoms with van der Waals surface area (Å²) >= 11 is 0. The van der Waals surface area contributed by atoms with Crippen LogP contribution in [0.5, 0.6) is 0 Å². The standard InChI is InChI=1S/C20H23N5O/c1-13-10-25(11-14(2)26-13)12-19-23-18-8-15(16-4-3-7-22-9-16)5-6-17(18)20(21)24-19/h3-9,13-14H,10-12H2,1-2H3,(H2,21,23,24). The smallest absolute Gasteiger partial charge is 0.145 e. The Kier molecular flexibility index (Phi) is 4.53. The van der Waals surface area contributed by atoms with Gasteiger partial charge in [-0.3, -0.25) is 9.88 Å². The van der Waals surface area contributed by atoms with Gasteiger partial charge in [-0.15, -0.1) is 0 Å². The number of pyridine rings is 1. The normalized spacial score (nSPS) is 21.2. The van der Waals surface area contributed by atoms with Gasteiger partial charge in [0.1, 0.15) is 11.6 Å². The molecule has 0 amide bonds. The number of hydrogen-bond donors (Lipinski definition) is 1. The van der Waals surface area contributed by atoms with Crippen LogP contribution >= 0.6 is 0 Å². The van der Waals surface area contributed by atoms with Crippen LogP contribution in [0.4, 0.5) is 5.82 Å². The summed E-state index contributed by atoms with van der Waals surface area (Å²) in [4.78, 5) is 15.8. The van der Waals surface area contributed by atoms with E-state index in [0.29, 0.717) is 12.4 Å². The van der Waals surface area contributed by atoms with Crippen molar-refractivity contribution in [1.82, 2.24) is 19.9 Å². The van der Waals surface area contributed by atoms with Gasteiger partial charge in [0.25, 0.3) is 0 Å². The van der Waals surface area contributed by atoms with Crippen LogP contribution < -0.4 is 5.73 Å². The Labute approximate surface area is 153 Å². The predicted molar refractivity (Wildman–Crippen MR) is 102 cm³/mol. The van der Waals surface area contributed by atoms with E-state index >= 15 is 0 Å². The van der Waals surface area contributed by atoms with Crippen LogP contribution in [0.25, 0.3) is 22.0 Å². The highest BCUT2D eigenvalue weighted by Gasteiger charge is 2.23. The van der Waals surface area contributed by atoms with Gasteiger partial charge in [-0.1, -0.05) is 12.1 Å². The third-order valence-corrected chi connectivity index (χ3v) is 4.63. The van der Waals surface area contributed by atoms with E-state index < -0.39 is 0 Å². The molecule has 1 aliphatic rings. The van der Waals surface area contributed by atoms with Crippen molar-refractivity contribution < 1.29 is 4.74 Å². The van der Waals surface area contributed by atoms with Crippen molar-refractivity contribution in [3.8, 4) is 11.1 Å². The molecule has 1 aromatic carbocycles. The lowest BCUT2D eigenvalue weighted by Gasteiger charge is -2.34. The van der Waals surface area contributed by atoms with Crippen LogP contribution in [0, 0.1) is 0 Å². The zero-order chi connectivity index (χ0) is 18.1. The number of hydrogen-bond acceptors (Lipinski definition) is 6. The van der Waals surface area contributed by atoms with E-state index in [1.54, 1.807) is 6.20 Å². The van der Waals surface area contributed by atoms with Crippen molar-refractivity contribution >= 4 is 16.7 Å². The molecule has 0 spiro atoms. The van der Waals surface area contributed by atoms with Gasteiger partial charge in [-0.25, -0.2) is 9.97 Å². The Morgan fingerprint density at radius 3 is 2.65 bits per heavy atom. The molecule has 2 atom stereocenters. The van der Waals surface area contributed by atoms with Gasteiger partial charge in [0.05, 0.1) is 24.3 Å². The minimum atomic E-state index is 0.216. The molecular weight excluding hydrogens is 326 g/mol. The molecule has 1 saturated heterocycles. The van der Waals surface area contributed by atoms with E-state index in [-0.39, 0.29) is 12.2 Å². The van der Waals surface area contributed by atoms with Gasteiger partial charge in [0.2, 0.25) is 0 Å². The summed E-state index contributed by atoms with van der Waals surface area (Å²) in [5, 5.41) is 0.880. The van der Waals surface area contributed by atoms with Crippen molar-refractivity contribution in [2.75, 3.05) is 18.8 Å². The van der Waals surface area contributed by atoms with E-state index in [0.717, 1.165) is 40.9 Å². The number of nitrogens with zero attached hydrogens (tertiary/aromatic N) is 4. The Hall–Kier alpha value is -2.57. The summed E-state index contributed by atoms with van der Waals surface area (Å²) in [5.41, 5.74) is 9.19. The molecule has 2 unspecified atom stereocenters. The first kappa shape index (κ1) is 16.9. The summed E-state index contributed by atoms with van der Waals surface area (Å²) < 4.78 is 5.80. The fourth-order valence-electron chi connectivity index (χ4n) is 3.60. The van der Waals surface area contributed by atoms with Gasteiger partial charge in [0, 0.05) is 36.4 Å². The molecular formula is C20H23N5O. The highest BCUT2D eigenvalue weighted by molar-refractivity contribution is 5.91. The summed E-state index contributed by atoms with van der Waals surface area (Å²) in [5.74, 6) is 1.27. The van der Waals surface area contributed by atoms with Crippen LogP contribution in [0.1, 0.15) is 19.7 Å². The number of anilines is 1. The molecule has 2 aromatic heterocycles. The molecule has 0 saturated carbocycles. The van der Waals surface area contributed by atoms with E-state index in [2.05, 4.69) is 34.8 Å². The number of morpholine rings is 1. The maximum Gasteiger partial charge on any atom is 0.145 e. The van der Waals surface area contributed by atoms with Crippen LogP contribution in [0.2, 0.25) is 0 Å². The Balaban J connectivity index is 1.66. The summed E-state index contributed by atoms with van der Waals surface area (Å²) in [6.45, 7) is 6.62. The van der Waals surface area contributed by atoms with E-state index in [1.807, 2.05) is 30.5 Å². The summed E-state index contributed by atoms with van der Waals surface area (Å²) in [6, 6.07) is 10.0. The number of rotatable bonds is 3. The molecule has 0 radical (unpaired) electrons. The molecule has 1 fully saturated rings. The van der Waals surface area contributed by atoms with Crippen molar-refractivity contribution in [1.29, 1.82) is 0 Å². The minimum Gasteiger partial charge on any atom is -0.383 e. The second-order valence-corrected chi connectivity index (χ2v) is 6.95. The molecule has 26 heavy (non-hydrogen) atoms. The molecule has 0 bridgehead atoms. The number of fused-ring (bicyclic) bond motifs is 1. The number of aromatic nitrogens is 3. The number of nitrogens with two attached hydrogens (primary N) is 1. The fraction of sp³-hybridized carbons (Fsp3) is 0.350. The highest BCUT2D eigenvalue weighted by atomic mass is 16.5. The maximum absolute atomic E-state index is 6.20. The third-order valence-electron chi connectivity index (χ3n) is 4.63. The lowest BCUT2D eigenvalue weighted by atomic mass is 10.1.